The molecule has 0 saturated carbocycles. The van der Waals surface area contributed by atoms with Crippen LogP contribution < -0.4 is 9.64 Å². The van der Waals surface area contributed by atoms with E-state index in [1.54, 1.807) is 54.6 Å². The zero-order valence-corrected chi connectivity index (χ0v) is 17.3. The van der Waals surface area contributed by atoms with Gasteiger partial charge in [-0.15, -0.1) is 0 Å². The Morgan fingerprint density at radius 2 is 1.71 bits per heavy atom. The summed E-state index contributed by atoms with van der Waals surface area (Å²) in [6.07, 6.45) is 2.96. The average molecular weight is 436 g/mol. The van der Waals surface area contributed by atoms with E-state index in [0.29, 0.717) is 28.5 Å². The number of halogens is 1. The van der Waals surface area contributed by atoms with Crippen LogP contribution in [-0.4, -0.2) is 33.4 Å². The molecule has 8 heteroatoms. The summed E-state index contributed by atoms with van der Waals surface area (Å²) in [7, 11) is 0. The first-order chi connectivity index (χ1) is 15.0. The highest BCUT2D eigenvalue weighted by atomic mass is 35.5. The van der Waals surface area contributed by atoms with Crippen LogP contribution in [0.25, 0.3) is 5.76 Å². The largest absolute Gasteiger partial charge is 0.507 e. The molecule has 0 bridgehead atoms. The predicted octanol–water partition coefficient (Wildman–Crippen LogP) is 4.16. The molecule has 1 N–H and O–H groups in total. The monoisotopic (exact) mass is 435 g/mol. The number of Topliss-reactive ketones (excluding diaryl/α,β-unsaturated/α-hetero) is 1. The normalized spacial score (nSPS) is 17.7. The lowest BCUT2D eigenvalue weighted by Crippen LogP contribution is -2.31. The zero-order chi connectivity index (χ0) is 22.0. The van der Waals surface area contributed by atoms with Gasteiger partial charge in [0, 0.05) is 23.0 Å². The van der Waals surface area contributed by atoms with Crippen molar-refractivity contribution in [3.05, 3.63) is 88.7 Å². The molecule has 1 fully saturated rings. The van der Waals surface area contributed by atoms with Crippen molar-refractivity contribution in [2.75, 3.05) is 11.5 Å². The van der Waals surface area contributed by atoms with Crippen molar-refractivity contribution < 1.29 is 19.4 Å². The first-order valence-corrected chi connectivity index (χ1v) is 9.95. The Labute approximate surface area is 183 Å². The lowest BCUT2D eigenvalue weighted by Gasteiger charge is -2.23. The number of anilines is 1. The van der Waals surface area contributed by atoms with E-state index in [-0.39, 0.29) is 17.3 Å². The molecule has 1 aliphatic rings. The number of benzene rings is 2. The van der Waals surface area contributed by atoms with E-state index in [2.05, 4.69) is 9.97 Å². The fourth-order valence-electron chi connectivity index (χ4n) is 3.45. The van der Waals surface area contributed by atoms with E-state index < -0.39 is 17.7 Å². The number of aromatic nitrogens is 2. The van der Waals surface area contributed by atoms with Gasteiger partial charge in [-0.2, -0.15) is 0 Å². The third-order valence-corrected chi connectivity index (χ3v) is 5.09. The van der Waals surface area contributed by atoms with Gasteiger partial charge in [-0.25, -0.2) is 9.97 Å². The molecule has 156 valence electrons. The Balaban J connectivity index is 1.88. The van der Waals surface area contributed by atoms with Gasteiger partial charge in [0.25, 0.3) is 5.78 Å². The van der Waals surface area contributed by atoms with Crippen molar-refractivity contribution in [1.82, 2.24) is 9.97 Å². The lowest BCUT2D eigenvalue weighted by molar-refractivity contribution is -0.132. The van der Waals surface area contributed by atoms with E-state index >= 15 is 0 Å². The molecule has 1 atom stereocenters. The SMILES string of the molecule is CCOc1ccc(/C(O)=C2\C(=O)C(=O)N(c3ncccn3)[C@H]2c2ccc(Cl)cc2)cc1. The summed E-state index contributed by atoms with van der Waals surface area (Å²) in [4.78, 5) is 35.4. The minimum absolute atomic E-state index is 0.0519. The van der Waals surface area contributed by atoms with Crippen LogP contribution in [0.5, 0.6) is 5.75 Å². The maximum Gasteiger partial charge on any atom is 0.302 e. The van der Waals surface area contributed by atoms with Gasteiger partial charge in [0.05, 0.1) is 18.2 Å². The van der Waals surface area contributed by atoms with Crippen LogP contribution in [0.1, 0.15) is 24.1 Å². The molecule has 3 aromatic rings. The number of hydrogen-bond donors (Lipinski definition) is 1. The van der Waals surface area contributed by atoms with Gasteiger partial charge in [0.2, 0.25) is 5.95 Å². The van der Waals surface area contributed by atoms with Gasteiger partial charge < -0.3 is 9.84 Å². The summed E-state index contributed by atoms with van der Waals surface area (Å²) in [6, 6.07) is 14.0. The zero-order valence-electron chi connectivity index (χ0n) is 16.5. The maximum atomic E-state index is 13.0. The quantitative estimate of drug-likeness (QED) is 0.367. The Hall–Kier alpha value is -3.71. The third kappa shape index (κ3) is 3.87. The van der Waals surface area contributed by atoms with Crippen molar-refractivity contribution in [3.8, 4) is 5.75 Å². The second kappa shape index (κ2) is 8.57. The Bertz CT molecular complexity index is 1150. The molecule has 0 aliphatic carbocycles. The summed E-state index contributed by atoms with van der Waals surface area (Å²) in [5, 5.41) is 11.6. The first-order valence-electron chi connectivity index (χ1n) is 9.58. The molecule has 4 rings (SSSR count). The lowest BCUT2D eigenvalue weighted by atomic mass is 9.95. The summed E-state index contributed by atoms with van der Waals surface area (Å²) < 4.78 is 5.42. The highest BCUT2D eigenvalue weighted by molar-refractivity contribution is 6.51. The molecule has 1 saturated heterocycles. The van der Waals surface area contributed by atoms with Crippen LogP contribution in [0.2, 0.25) is 5.02 Å². The van der Waals surface area contributed by atoms with Crippen LogP contribution in [0.4, 0.5) is 5.95 Å². The molecule has 1 aromatic heterocycles. The van der Waals surface area contributed by atoms with Crippen LogP contribution in [0.3, 0.4) is 0 Å². The molecule has 0 unspecified atom stereocenters. The number of rotatable bonds is 5. The van der Waals surface area contributed by atoms with Crippen LogP contribution in [-0.2, 0) is 9.59 Å². The molecule has 7 nitrogen and oxygen atoms in total. The summed E-state index contributed by atoms with van der Waals surface area (Å²) >= 11 is 6.02. The molecule has 2 aromatic carbocycles. The summed E-state index contributed by atoms with van der Waals surface area (Å²) in [6.45, 7) is 2.37. The molecule has 0 spiro atoms. The van der Waals surface area contributed by atoms with Gasteiger partial charge in [-0.1, -0.05) is 23.7 Å². The van der Waals surface area contributed by atoms with Crippen LogP contribution in [0, 0.1) is 0 Å². The van der Waals surface area contributed by atoms with E-state index in [1.165, 1.54) is 17.3 Å². The number of nitrogens with zero attached hydrogens (tertiary/aromatic N) is 3. The molecular formula is C23H18ClN3O4. The minimum Gasteiger partial charge on any atom is -0.507 e. The molecular weight excluding hydrogens is 418 g/mol. The van der Waals surface area contributed by atoms with E-state index in [1.807, 2.05) is 6.92 Å². The number of hydrogen-bond acceptors (Lipinski definition) is 6. The second-order valence-corrected chi connectivity index (χ2v) is 7.16. The van der Waals surface area contributed by atoms with Crippen LogP contribution in [0.15, 0.2) is 72.6 Å². The minimum atomic E-state index is -0.911. The predicted molar refractivity (Wildman–Crippen MR) is 116 cm³/mol. The molecule has 2 heterocycles. The summed E-state index contributed by atoms with van der Waals surface area (Å²) in [5.41, 5.74) is 0.918. The molecule has 31 heavy (non-hydrogen) atoms. The van der Waals surface area contributed by atoms with Gasteiger partial charge >= 0.3 is 5.91 Å². The number of carbonyl (C=O) groups is 2. The number of aliphatic hydroxyl groups is 1. The van der Waals surface area contributed by atoms with Gasteiger partial charge in [0.1, 0.15) is 11.5 Å². The van der Waals surface area contributed by atoms with E-state index in [0.717, 1.165) is 0 Å². The van der Waals surface area contributed by atoms with Crippen molar-refractivity contribution in [2.45, 2.75) is 13.0 Å². The van der Waals surface area contributed by atoms with Gasteiger partial charge in [-0.05, 0) is 55.0 Å². The highest BCUT2D eigenvalue weighted by Crippen LogP contribution is 2.41. The van der Waals surface area contributed by atoms with Crippen molar-refractivity contribution in [2.24, 2.45) is 0 Å². The number of carbonyl (C=O) groups excluding carboxylic acids is 2. The maximum absolute atomic E-state index is 13.0. The fraction of sp³-hybridized carbons (Fsp3) is 0.130. The van der Waals surface area contributed by atoms with Crippen molar-refractivity contribution >= 4 is 35.0 Å². The Morgan fingerprint density at radius 3 is 2.32 bits per heavy atom. The Morgan fingerprint density at radius 1 is 1.06 bits per heavy atom. The third-order valence-electron chi connectivity index (χ3n) is 4.84. The van der Waals surface area contributed by atoms with Crippen LogP contribution >= 0.6 is 11.6 Å². The summed E-state index contributed by atoms with van der Waals surface area (Å²) in [5.74, 6) is -1.24. The topological polar surface area (TPSA) is 92.6 Å². The average Bonchev–Trinajstić information content (AvgIpc) is 3.06. The number of ketones is 1. The smallest absolute Gasteiger partial charge is 0.302 e. The molecule has 0 radical (unpaired) electrons. The molecule has 1 aliphatic heterocycles. The highest BCUT2D eigenvalue weighted by Gasteiger charge is 2.48. The van der Waals surface area contributed by atoms with Crippen molar-refractivity contribution in [3.63, 3.8) is 0 Å². The van der Waals surface area contributed by atoms with Gasteiger partial charge in [0.15, 0.2) is 0 Å². The standard InChI is InChI=1S/C23H18ClN3O4/c1-2-31-17-10-6-15(7-11-17)20(28)18-19(14-4-8-16(24)9-5-14)27(22(30)21(18)29)23-25-12-3-13-26-23/h3-13,19,28H,2H2,1H3/b20-18+/t19-/m0/s1. The first kappa shape index (κ1) is 20.6. The van der Waals surface area contributed by atoms with Gasteiger partial charge in [-0.3, -0.25) is 14.5 Å². The number of ether oxygens (including phenoxy) is 1. The molecule has 1 amide bonds. The Kier molecular flexibility index (Phi) is 5.68. The van der Waals surface area contributed by atoms with E-state index in [9.17, 15) is 14.7 Å². The van der Waals surface area contributed by atoms with Crippen molar-refractivity contribution in [1.29, 1.82) is 0 Å². The second-order valence-electron chi connectivity index (χ2n) is 6.73. The number of amides is 1. The van der Waals surface area contributed by atoms with E-state index in [4.69, 9.17) is 16.3 Å². The fourth-order valence-corrected chi connectivity index (χ4v) is 3.57. The number of aliphatic hydroxyl groups excluding tert-OH is 1.